The zero-order valence-electron chi connectivity index (χ0n) is 14.7. The van der Waals surface area contributed by atoms with Gasteiger partial charge in [0, 0.05) is 18.5 Å². The molecule has 0 bridgehead atoms. The first-order valence-corrected chi connectivity index (χ1v) is 8.04. The molecule has 2 atom stereocenters. The summed E-state index contributed by atoms with van der Waals surface area (Å²) in [5.41, 5.74) is 6.57. The molecule has 1 aliphatic heterocycles. The summed E-state index contributed by atoms with van der Waals surface area (Å²) in [5.74, 6) is -0.531. The topological polar surface area (TPSA) is 93.9 Å². The molecule has 2 amide bonds. The number of benzene rings is 1. The molecular weight excluding hydrogens is 329 g/mol. The summed E-state index contributed by atoms with van der Waals surface area (Å²) in [7, 11) is 2.81. The van der Waals surface area contributed by atoms with Crippen LogP contribution in [-0.2, 0) is 9.53 Å². The molecule has 0 saturated carbocycles. The summed E-state index contributed by atoms with van der Waals surface area (Å²) in [5, 5.41) is 2.68. The van der Waals surface area contributed by atoms with E-state index in [1.165, 1.54) is 20.3 Å². The number of nitrogens with zero attached hydrogens (tertiary/aromatic N) is 1. The van der Waals surface area contributed by atoms with Crippen LogP contribution in [0.1, 0.15) is 23.5 Å². The lowest BCUT2D eigenvalue weighted by Gasteiger charge is -2.39. The zero-order valence-corrected chi connectivity index (χ0v) is 14.7. The number of rotatable bonds is 5. The van der Waals surface area contributed by atoms with Crippen LogP contribution in [0.4, 0.5) is 9.18 Å². The van der Waals surface area contributed by atoms with Crippen LogP contribution < -0.4 is 15.8 Å². The number of piperidine rings is 1. The normalized spacial score (nSPS) is 20.8. The van der Waals surface area contributed by atoms with Gasteiger partial charge in [0.05, 0.1) is 26.8 Å². The summed E-state index contributed by atoms with van der Waals surface area (Å²) in [4.78, 5) is 24.7. The summed E-state index contributed by atoms with van der Waals surface area (Å²) in [6.45, 7) is 2.89. The van der Waals surface area contributed by atoms with E-state index in [0.29, 0.717) is 30.8 Å². The van der Waals surface area contributed by atoms with E-state index < -0.39 is 12.1 Å². The third kappa shape index (κ3) is 4.60. The Hall–Kier alpha value is -2.35. The number of esters is 1. The van der Waals surface area contributed by atoms with Crippen LogP contribution in [0.15, 0.2) is 12.1 Å². The van der Waals surface area contributed by atoms with Crippen molar-refractivity contribution in [3.05, 3.63) is 29.1 Å². The fourth-order valence-electron chi connectivity index (χ4n) is 3.40. The first-order valence-electron chi connectivity index (χ1n) is 8.04. The third-order valence-electron chi connectivity index (χ3n) is 4.52. The minimum atomic E-state index is -0.679. The fraction of sp³-hybridized carbons (Fsp3) is 0.529. The van der Waals surface area contributed by atoms with Gasteiger partial charge in [-0.05, 0) is 37.1 Å². The number of hydrogen-bond donors (Lipinski definition) is 2. The highest BCUT2D eigenvalue weighted by Crippen LogP contribution is 2.34. The van der Waals surface area contributed by atoms with Crippen molar-refractivity contribution in [1.29, 1.82) is 0 Å². The first kappa shape index (κ1) is 19.0. The summed E-state index contributed by atoms with van der Waals surface area (Å²) >= 11 is 0. The number of aryl methyl sites for hydroxylation is 1. The lowest BCUT2D eigenvalue weighted by Crippen LogP contribution is -2.54. The van der Waals surface area contributed by atoms with Crippen molar-refractivity contribution < 1.29 is 23.5 Å². The molecule has 0 aromatic heterocycles. The van der Waals surface area contributed by atoms with Crippen molar-refractivity contribution in [2.75, 3.05) is 33.9 Å². The Kier molecular flexibility index (Phi) is 6.19. The summed E-state index contributed by atoms with van der Waals surface area (Å²) < 4.78 is 24.4. The van der Waals surface area contributed by atoms with Gasteiger partial charge >= 0.3 is 12.0 Å². The van der Waals surface area contributed by atoms with Crippen LogP contribution in [0, 0.1) is 12.7 Å². The van der Waals surface area contributed by atoms with Crippen LogP contribution in [0.5, 0.6) is 5.75 Å². The zero-order chi connectivity index (χ0) is 18.6. The molecule has 25 heavy (non-hydrogen) atoms. The first-order chi connectivity index (χ1) is 11.8. The smallest absolute Gasteiger partial charge is 0.319 e. The van der Waals surface area contributed by atoms with E-state index >= 15 is 0 Å². The molecule has 8 heteroatoms. The Morgan fingerprint density at radius 1 is 1.40 bits per heavy atom. The van der Waals surface area contributed by atoms with E-state index in [4.69, 9.17) is 10.5 Å². The highest BCUT2D eigenvalue weighted by Gasteiger charge is 2.34. The quantitative estimate of drug-likeness (QED) is 0.775. The fourth-order valence-corrected chi connectivity index (χ4v) is 3.40. The molecule has 7 nitrogen and oxygen atoms in total. The Bertz CT molecular complexity index is 630. The Labute approximate surface area is 146 Å². The average Bonchev–Trinajstić information content (AvgIpc) is 2.55. The van der Waals surface area contributed by atoms with Crippen LogP contribution in [0.25, 0.3) is 0 Å². The number of likely N-dealkylation sites (tertiary alicyclic amines) is 1. The van der Waals surface area contributed by atoms with E-state index in [2.05, 4.69) is 10.1 Å². The lowest BCUT2D eigenvalue weighted by atomic mass is 9.82. The molecule has 1 aromatic carbocycles. The highest BCUT2D eigenvalue weighted by atomic mass is 19.1. The Morgan fingerprint density at radius 3 is 2.68 bits per heavy atom. The predicted octanol–water partition coefficient (Wildman–Crippen LogP) is 1.14. The number of nitrogens with two attached hydrogens (primary N) is 1. The number of halogens is 1. The number of ether oxygens (including phenoxy) is 2. The number of hydrogen-bond acceptors (Lipinski definition) is 5. The van der Waals surface area contributed by atoms with Crippen molar-refractivity contribution in [3.8, 4) is 5.75 Å². The molecule has 1 aromatic rings. The lowest BCUT2D eigenvalue weighted by molar-refractivity contribution is -0.142. The second-order valence-electron chi connectivity index (χ2n) is 6.16. The molecule has 0 radical (unpaired) electrons. The van der Waals surface area contributed by atoms with Crippen LogP contribution in [-0.4, -0.2) is 56.8 Å². The monoisotopic (exact) mass is 353 g/mol. The van der Waals surface area contributed by atoms with E-state index in [0.717, 1.165) is 5.56 Å². The molecule has 1 unspecified atom stereocenters. The average molecular weight is 353 g/mol. The molecule has 1 saturated heterocycles. The number of nitrogens with one attached hydrogen (secondary N) is 1. The molecule has 0 aliphatic carbocycles. The minimum absolute atomic E-state index is 0.115. The molecule has 1 aliphatic rings. The number of urea groups is 1. The number of amides is 2. The van der Waals surface area contributed by atoms with Gasteiger partial charge in [-0.2, -0.15) is 0 Å². The molecule has 138 valence electrons. The van der Waals surface area contributed by atoms with Crippen molar-refractivity contribution in [2.24, 2.45) is 5.73 Å². The van der Waals surface area contributed by atoms with E-state index in [1.54, 1.807) is 6.07 Å². The number of carbonyl (C=O) groups is 2. The van der Waals surface area contributed by atoms with E-state index in [1.807, 2.05) is 11.8 Å². The minimum Gasteiger partial charge on any atom is -0.497 e. The van der Waals surface area contributed by atoms with Crippen molar-refractivity contribution in [2.45, 2.75) is 25.3 Å². The van der Waals surface area contributed by atoms with Gasteiger partial charge < -0.3 is 20.5 Å². The van der Waals surface area contributed by atoms with Gasteiger partial charge in [-0.1, -0.05) is 0 Å². The van der Waals surface area contributed by atoms with Crippen molar-refractivity contribution in [1.82, 2.24) is 10.2 Å². The molecule has 0 spiro atoms. The standard InChI is InChI=1S/C17H24FN3O4/c1-10-6-11(24-2)7-13(18)16(10)12-4-5-21(9-15(22)25-3)8-14(12)20-17(19)23/h6-7,12,14H,4-5,8-9H2,1-3H3,(H3,19,20,23)/t12-,14?/m1/s1. The molecular formula is C17H24FN3O4. The van der Waals surface area contributed by atoms with Crippen molar-refractivity contribution >= 4 is 12.0 Å². The summed E-state index contributed by atoms with van der Waals surface area (Å²) in [6.07, 6.45) is 0.575. The van der Waals surface area contributed by atoms with Gasteiger partial charge in [-0.15, -0.1) is 0 Å². The number of carbonyl (C=O) groups excluding carboxylic acids is 2. The van der Waals surface area contributed by atoms with Gasteiger partial charge in [0.2, 0.25) is 0 Å². The largest absolute Gasteiger partial charge is 0.497 e. The highest BCUT2D eigenvalue weighted by molar-refractivity contribution is 5.72. The molecule has 1 fully saturated rings. The van der Waals surface area contributed by atoms with Gasteiger partial charge in [0.25, 0.3) is 0 Å². The second-order valence-corrected chi connectivity index (χ2v) is 6.16. The maximum absolute atomic E-state index is 14.6. The van der Waals surface area contributed by atoms with Crippen molar-refractivity contribution in [3.63, 3.8) is 0 Å². The summed E-state index contributed by atoms with van der Waals surface area (Å²) in [6, 6.07) is 2.02. The second kappa shape index (κ2) is 8.15. The molecule has 1 heterocycles. The predicted molar refractivity (Wildman–Crippen MR) is 90.0 cm³/mol. The maximum Gasteiger partial charge on any atom is 0.319 e. The molecule has 3 N–H and O–H groups in total. The van der Waals surface area contributed by atoms with E-state index in [9.17, 15) is 14.0 Å². The number of primary amides is 1. The van der Waals surface area contributed by atoms with Gasteiger partial charge in [-0.3, -0.25) is 9.69 Å². The van der Waals surface area contributed by atoms with Gasteiger partial charge in [-0.25, -0.2) is 9.18 Å². The Balaban J connectivity index is 2.27. The van der Waals surface area contributed by atoms with Crippen LogP contribution >= 0.6 is 0 Å². The van der Waals surface area contributed by atoms with Gasteiger partial charge in [0.15, 0.2) is 0 Å². The SMILES string of the molecule is COC(=O)CN1CC[C@@H](c2c(C)cc(OC)cc2F)C(NC(N)=O)C1. The van der Waals surface area contributed by atoms with Crippen LogP contribution in [0.3, 0.4) is 0 Å². The molecule has 2 rings (SSSR count). The number of methoxy groups -OCH3 is 2. The van der Waals surface area contributed by atoms with Crippen LogP contribution in [0.2, 0.25) is 0 Å². The Morgan fingerprint density at radius 2 is 2.12 bits per heavy atom. The maximum atomic E-state index is 14.6. The van der Waals surface area contributed by atoms with E-state index in [-0.39, 0.29) is 24.2 Å². The van der Waals surface area contributed by atoms with Gasteiger partial charge in [0.1, 0.15) is 11.6 Å². The third-order valence-corrected chi connectivity index (χ3v) is 4.52.